The molecule has 0 aliphatic carbocycles. The van der Waals surface area contributed by atoms with Crippen molar-refractivity contribution in [3.05, 3.63) is 67.2 Å². The van der Waals surface area contributed by atoms with Gasteiger partial charge in [-0.1, -0.05) is 52.5 Å². The maximum atomic E-state index is 12.8. The summed E-state index contributed by atoms with van der Waals surface area (Å²) < 4.78 is 0. The minimum absolute atomic E-state index is 0.197. The highest BCUT2D eigenvalue weighted by atomic mass is 35.5. The minimum atomic E-state index is -0.197. The Morgan fingerprint density at radius 1 is 0.850 bits per heavy atom. The van der Waals surface area contributed by atoms with Crippen LogP contribution in [0.5, 0.6) is 0 Å². The number of hydrogen-bond acceptors (Lipinski definition) is 1. The van der Waals surface area contributed by atoms with Crippen LogP contribution in [0.2, 0.25) is 15.1 Å². The molecule has 0 saturated carbocycles. The predicted octanol–water partition coefficient (Wildman–Crippen LogP) is 5.80. The molecule has 0 aromatic heterocycles. The molecule has 0 amide bonds. The van der Waals surface area contributed by atoms with Crippen molar-refractivity contribution in [3.63, 3.8) is 0 Å². The van der Waals surface area contributed by atoms with E-state index >= 15 is 0 Å². The maximum absolute atomic E-state index is 12.8. The molecule has 0 saturated heterocycles. The summed E-state index contributed by atoms with van der Waals surface area (Å²) >= 11 is 18.2. The topological polar surface area (TPSA) is 17.1 Å². The molecule has 2 aromatic rings. The number of hydrogen-bond donors (Lipinski definition) is 0. The van der Waals surface area contributed by atoms with Crippen LogP contribution in [0.3, 0.4) is 0 Å². The highest BCUT2D eigenvalue weighted by Crippen LogP contribution is 2.34. The normalized spacial score (nSPS) is 10.7. The van der Waals surface area contributed by atoms with Crippen molar-refractivity contribution in [2.45, 2.75) is 20.8 Å². The van der Waals surface area contributed by atoms with E-state index in [2.05, 4.69) is 0 Å². The summed E-state index contributed by atoms with van der Waals surface area (Å²) in [5.74, 6) is -0.197. The first-order valence-corrected chi connectivity index (χ1v) is 7.22. The third-order valence-corrected chi connectivity index (χ3v) is 4.29. The van der Waals surface area contributed by atoms with E-state index in [0.29, 0.717) is 15.6 Å². The molecule has 2 rings (SSSR count). The van der Waals surface area contributed by atoms with Gasteiger partial charge in [-0.2, -0.15) is 0 Å². The van der Waals surface area contributed by atoms with Gasteiger partial charge in [0.25, 0.3) is 0 Å². The molecule has 0 aliphatic rings. The third-order valence-electron chi connectivity index (χ3n) is 3.18. The molecule has 0 fully saturated rings. The Labute approximate surface area is 133 Å². The maximum Gasteiger partial charge on any atom is 0.196 e. The van der Waals surface area contributed by atoms with Gasteiger partial charge in [-0.3, -0.25) is 4.79 Å². The minimum Gasteiger partial charge on any atom is -0.288 e. The van der Waals surface area contributed by atoms with E-state index in [9.17, 15) is 4.79 Å². The van der Waals surface area contributed by atoms with Crippen LogP contribution in [0, 0.1) is 20.8 Å². The van der Waals surface area contributed by atoms with E-state index in [4.69, 9.17) is 34.8 Å². The monoisotopic (exact) mass is 326 g/mol. The molecule has 0 radical (unpaired) electrons. The number of benzene rings is 2. The predicted molar refractivity (Wildman–Crippen MR) is 85.6 cm³/mol. The van der Waals surface area contributed by atoms with Crippen molar-refractivity contribution in [2.75, 3.05) is 0 Å². The lowest BCUT2D eigenvalue weighted by Gasteiger charge is -2.13. The van der Waals surface area contributed by atoms with Crippen molar-refractivity contribution < 1.29 is 4.79 Å². The molecule has 0 N–H and O–H groups in total. The summed E-state index contributed by atoms with van der Waals surface area (Å²) in [5, 5.41) is 0.828. The lowest BCUT2D eigenvalue weighted by atomic mass is 9.93. The summed E-state index contributed by atoms with van der Waals surface area (Å²) in [7, 11) is 0. The fraction of sp³-hybridized carbons (Fsp3) is 0.188. The Hall–Kier alpha value is -1.02. The molecular weight excluding hydrogens is 315 g/mol. The van der Waals surface area contributed by atoms with Gasteiger partial charge in [0.15, 0.2) is 5.78 Å². The number of halogens is 3. The largest absolute Gasteiger partial charge is 0.288 e. The molecule has 2 aromatic carbocycles. The number of aryl methyl sites for hydroxylation is 3. The van der Waals surface area contributed by atoms with Crippen LogP contribution in [-0.2, 0) is 0 Å². The van der Waals surface area contributed by atoms with Crippen LogP contribution >= 0.6 is 34.8 Å². The second-order valence-electron chi connectivity index (χ2n) is 4.82. The first-order valence-electron chi connectivity index (χ1n) is 6.09. The summed E-state index contributed by atoms with van der Waals surface area (Å²) in [5.41, 5.74) is 3.80. The van der Waals surface area contributed by atoms with Crippen molar-refractivity contribution in [1.29, 1.82) is 0 Å². The summed E-state index contributed by atoms with van der Waals surface area (Å²) in [4.78, 5) is 12.8. The van der Waals surface area contributed by atoms with Gasteiger partial charge in [-0.25, -0.2) is 0 Å². The summed E-state index contributed by atoms with van der Waals surface area (Å²) in [6, 6.07) is 7.10. The number of rotatable bonds is 2. The molecule has 0 bridgehead atoms. The zero-order valence-electron chi connectivity index (χ0n) is 11.4. The van der Waals surface area contributed by atoms with Gasteiger partial charge in [0.05, 0.1) is 20.6 Å². The molecule has 4 heteroatoms. The van der Waals surface area contributed by atoms with Crippen molar-refractivity contribution in [2.24, 2.45) is 0 Å². The Bertz CT molecular complexity index is 682. The Kier molecular flexibility index (Phi) is 4.43. The van der Waals surface area contributed by atoms with Crippen LogP contribution in [0.15, 0.2) is 24.3 Å². The molecule has 0 spiro atoms. The van der Waals surface area contributed by atoms with Crippen molar-refractivity contribution in [1.82, 2.24) is 0 Å². The van der Waals surface area contributed by atoms with Gasteiger partial charge < -0.3 is 0 Å². The molecule has 0 aliphatic heterocycles. The highest BCUT2D eigenvalue weighted by molar-refractivity contribution is 6.47. The van der Waals surface area contributed by atoms with E-state index in [-0.39, 0.29) is 16.4 Å². The SMILES string of the molecule is Cc1cc(C)c(C(=O)c2c(Cl)ccc(Cl)c2Cl)c(C)c1. The molecule has 0 heterocycles. The second kappa shape index (κ2) is 5.77. The lowest BCUT2D eigenvalue weighted by Crippen LogP contribution is -2.08. The van der Waals surface area contributed by atoms with Gasteiger partial charge >= 0.3 is 0 Å². The lowest BCUT2D eigenvalue weighted by molar-refractivity contribution is 0.103. The Morgan fingerprint density at radius 3 is 1.90 bits per heavy atom. The van der Waals surface area contributed by atoms with E-state index in [1.54, 1.807) is 12.1 Å². The first kappa shape index (κ1) is 15.4. The molecule has 0 unspecified atom stereocenters. The Balaban J connectivity index is 2.67. The highest BCUT2D eigenvalue weighted by Gasteiger charge is 2.21. The average molecular weight is 328 g/mol. The van der Waals surface area contributed by atoms with Crippen LogP contribution in [0.1, 0.15) is 32.6 Å². The first-order chi connectivity index (χ1) is 9.32. The average Bonchev–Trinajstić information content (AvgIpc) is 2.33. The van der Waals surface area contributed by atoms with E-state index < -0.39 is 0 Å². The second-order valence-corrected chi connectivity index (χ2v) is 6.01. The molecule has 1 nitrogen and oxygen atoms in total. The molecule has 0 atom stereocenters. The van der Waals surface area contributed by atoms with Crippen LogP contribution in [0.4, 0.5) is 0 Å². The summed E-state index contributed by atoms with van der Waals surface area (Å²) in [6.07, 6.45) is 0. The molecule has 20 heavy (non-hydrogen) atoms. The van der Waals surface area contributed by atoms with Gasteiger partial charge in [-0.05, 0) is 44.0 Å². The molecular formula is C16H13Cl3O. The number of carbonyl (C=O) groups is 1. The van der Waals surface area contributed by atoms with Crippen LogP contribution in [-0.4, -0.2) is 5.78 Å². The standard InChI is InChI=1S/C16H13Cl3O/c1-8-6-9(2)13(10(3)7-8)16(20)14-11(17)4-5-12(18)15(14)19/h4-7H,1-3H3. The third kappa shape index (κ3) is 2.71. The van der Waals surface area contributed by atoms with Gasteiger partial charge in [0.1, 0.15) is 0 Å². The fourth-order valence-corrected chi connectivity index (χ4v) is 3.10. The van der Waals surface area contributed by atoms with Crippen molar-refractivity contribution >= 4 is 40.6 Å². The quantitative estimate of drug-likeness (QED) is 0.503. The van der Waals surface area contributed by atoms with E-state index in [1.165, 1.54) is 0 Å². The number of ketones is 1. The van der Waals surface area contributed by atoms with E-state index in [1.807, 2.05) is 32.9 Å². The van der Waals surface area contributed by atoms with Gasteiger partial charge in [0.2, 0.25) is 0 Å². The fourth-order valence-electron chi connectivity index (χ4n) is 2.40. The van der Waals surface area contributed by atoms with Gasteiger partial charge in [-0.15, -0.1) is 0 Å². The number of carbonyl (C=O) groups excluding carboxylic acids is 1. The Morgan fingerprint density at radius 2 is 1.35 bits per heavy atom. The zero-order chi connectivity index (χ0) is 15.0. The van der Waals surface area contributed by atoms with E-state index in [0.717, 1.165) is 16.7 Å². The van der Waals surface area contributed by atoms with Crippen molar-refractivity contribution in [3.8, 4) is 0 Å². The smallest absolute Gasteiger partial charge is 0.196 e. The van der Waals surface area contributed by atoms with Crippen LogP contribution < -0.4 is 0 Å². The van der Waals surface area contributed by atoms with Gasteiger partial charge in [0, 0.05) is 5.56 Å². The summed E-state index contributed by atoms with van der Waals surface area (Å²) in [6.45, 7) is 5.80. The molecule has 104 valence electrons. The zero-order valence-corrected chi connectivity index (χ0v) is 13.6. The van der Waals surface area contributed by atoms with Crippen LogP contribution in [0.25, 0.3) is 0 Å².